The number of aromatic carboxylic acids is 1. The lowest BCUT2D eigenvalue weighted by Crippen LogP contribution is -2.34. The number of amides is 1. The van der Waals surface area contributed by atoms with Gasteiger partial charge in [0.15, 0.2) is 5.60 Å². The summed E-state index contributed by atoms with van der Waals surface area (Å²) in [5.41, 5.74) is 0.110. The van der Waals surface area contributed by atoms with E-state index in [0.717, 1.165) is 0 Å². The molecule has 0 radical (unpaired) electrons. The monoisotopic (exact) mass is 263 g/mol. The van der Waals surface area contributed by atoms with Crippen LogP contribution in [0, 0.1) is 0 Å². The van der Waals surface area contributed by atoms with Crippen LogP contribution >= 0.6 is 0 Å². The highest BCUT2D eigenvalue weighted by molar-refractivity contribution is 5.94. The Hall–Kier alpha value is -2.08. The van der Waals surface area contributed by atoms with Crippen molar-refractivity contribution in [2.45, 2.75) is 12.0 Å². The quantitative estimate of drug-likeness (QED) is 0.875. The molecule has 3 rings (SSSR count). The summed E-state index contributed by atoms with van der Waals surface area (Å²) in [4.78, 5) is 24.3. The lowest BCUT2D eigenvalue weighted by atomic mass is 10.0. The maximum atomic E-state index is 11.9. The average molecular weight is 263 g/mol. The highest BCUT2D eigenvalue weighted by Crippen LogP contribution is 2.34. The Labute approximate surface area is 109 Å². The minimum Gasteiger partial charge on any atom is -0.478 e. The summed E-state index contributed by atoms with van der Waals surface area (Å²) in [5.74, 6) is -1.02. The molecule has 1 unspecified atom stereocenters. The third-order valence-corrected chi connectivity index (χ3v) is 3.44. The molecule has 6 nitrogen and oxygen atoms in total. The standard InChI is InChI=1S/C13H13NO5/c15-11(16)9-2-1-3-10(6-9)14-7-13(19-12(14)17)4-5-18-8-13/h1-3,6H,4-5,7-8H2,(H,15,16). The van der Waals surface area contributed by atoms with Gasteiger partial charge < -0.3 is 14.6 Å². The Morgan fingerprint density at radius 2 is 2.26 bits per heavy atom. The largest absolute Gasteiger partial charge is 0.478 e. The third kappa shape index (κ3) is 2.04. The lowest BCUT2D eigenvalue weighted by Gasteiger charge is -2.18. The van der Waals surface area contributed by atoms with Gasteiger partial charge in [-0.05, 0) is 18.2 Å². The van der Waals surface area contributed by atoms with Crippen molar-refractivity contribution in [3.63, 3.8) is 0 Å². The second-order valence-electron chi connectivity index (χ2n) is 4.80. The van der Waals surface area contributed by atoms with Crippen LogP contribution in [-0.4, -0.2) is 42.5 Å². The molecule has 2 fully saturated rings. The van der Waals surface area contributed by atoms with Crippen LogP contribution in [0.15, 0.2) is 24.3 Å². The first-order valence-corrected chi connectivity index (χ1v) is 6.01. The van der Waals surface area contributed by atoms with Gasteiger partial charge in [-0.25, -0.2) is 9.59 Å². The van der Waals surface area contributed by atoms with Gasteiger partial charge in [0.1, 0.15) is 0 Å². The Morgan fingerprint density at radius 3 is 2.95 bits per heavy atom. The first-order chi connectivity index (χ1) is 9.10. The molecular formula is C13H13NO5. The van der Waals surface area contributed by atoms with Gasteiger partial charge in [-0.2, -0.15) is 0 Å². The number of benzene rings is 1. The molecule has 0 aliphatic carbocycles. The highest BCUT2D eigenvalue weighted by Gasteiger charge is 2.48. The van der Waals surface area contributed by atoms with Crippen molar-refractivity contribution in [2.75, 3.05) is 24.7 Å². The summed E-state index contributed by atoms with van der Waals surface area (Å²) in [6.07, 6.45) is 0.224. The lowest BCUT2D eigenvalue weighted by molar-refractivity contribution is 0.0435. The Kier molecular flexibility index (Phi) is 2.67. The third-order valence-electron chi connectivity index (χ3n) is 3.44. The maximum Gasteiger partial charge on any atom is 0.415 e. The van der Waals surface area contributed by atoms with Crippen molar-refractivity contribution in [3.05, 3.63) is 29.8 Å². The Morgan fingerprint density at radius 1 is 1.42 bits per heavy atom. The van der Waals surface area contributed by atoms with Crippen molar-refractivity contribution in [3.8, 4) is 0 Å². The molecule has 19 heavy (non-hydrogen) atoms. The van der Waals surface area contributed by atoms with E-state index in [-0.39, 0.29) is 5.56 Å². The SMILES string of the molecule is O=C(O)c1cccc(N2CC3(CCOC3)OC2=O)c1. The number of carbonyl (C=O) groups is 2. The molecule has 0 bridgehead atoms. The number of rotatable bonds is 2. The number of carboxylic acid groups (broad SMARTS) is 1. The first kappa shape index (κ1) is 12.0. The predicted octanol–water partition coefficient (Wildman–Crippen LogP) is 1.50. The minimum atomic E-state index is -1.02. The molecule has 2 aliphatic rings. The van der Waals surface area contributed by atoms with E-state index in [2.05, 4.69) is 0 Å². The molecule has 2 aliphatic heterocycles. The molecule has 1 aromatic rings. The predicted molar refractivity (Wildman–Crippen MR) is 65.4 cm³/mol. The van der Waals surface area contributed by atoms with Crippen LogP contribution in [0.25, 0.3) is 0 Å². The van der Waals surface area contributed by atoms with Gasteiger partial charge >= 0.3 is 12.1 Å². The molecule has 2 heterocycles. The van der Waals surface area contributed by atoms with E-state index in [4.69, 9.17) is 14.6 Å². The van der Waals surface area contributed by atoms with Crippen LogP contribution in [-0.2, 0) is 9.47 Å². The number of hydrogen-bond acceptors (Lipinski definition) is 4. The molecule has 1 N–H and O–H groups in total. The summed E-state index contributed by atoms with van der Waals surface area (Å²) in [6, 6.07) is 6.27. The van der Waals surface area contributed by atoms with Crippen molar-refractivity contribution in [2.24, 2.45) is 0 Å². The van der Waals surface area contributed by atoms with Gasteiger partial charge in [0.05, 0.1) is 25.3 Å². The molecule has 0 saturated carbocycles. The van der Waals surface area contributed by atoms with Crippen molar-refractivity contribution >= 4 is 17.7 Å². The van der Waals surface area contributed by atoms with E-state index in [0.29, 0.717) is 31.9 Å². The van der Waals surface area contributed by atoms with E-state index in [1.54, 1.807) is 12.1 Å². The maximum absolute atomic E-state index is 11.9. The van der Waals surface area contributed by atoms with E-state index < -0.39 is 17.7 Å². The molecule has 1 atom stereocenters. The smallest absolute Gasteiger partial charge is 0.415 e. The zero-order valence-electron chi connectivity index (χ0n) is 10.2. The molecule has 100 valence electrons. The Balaban J connectivity index is 1.88. The number of ether oxygens (including phenoxy) is 2. The summed E-state index contributed by atoms with van der Waals surface area (Å²) >= 11 is 0. The Bertz CT molecular complexity index is 536. The topological polar surface area (TPSA) is 76.1 Å². The van der Waals surface area contributed by atoms with E-state index >= 15 is 0 Å². The highest BCUT2D eigenvalue weighted by atomic mass is 16.6. The van der Waals surface area contributed by atoms with Gasteiger partial charge in [0.25, 0.3) is 0 Å². The minimum absolute atomic E-state index is 0.147. The number of hydrogen-bond donors (Lipinski definition) is 1. The fourth-order valence-corrected chi connectivity index (χ4v) is 2.42. The number of carbonyl (C=O) groups excluding carboxylic acids is 1. The summed E-state index contributed by atoms with van der Waals surface area (Å²) < 4.78 is 10.7. The van der Waals surface area contributed by atoms with Gasteiger partial charge in [0.2, 0.25) is 0 Å². The van der Waals surface area contributed by atoms with Crippen LogP contribution in [0.5, 0.6) is 0 Å². The molecular weight excluding hydrogens is 250 g/mol. The zero-order chi connectivity index (χ0) is 13.5. The molecule has 1 aromatic carbocycles. The van der Waals surface area contributed by atoms with Gasteiger partial charge in [-0.3, -0.25) is 4.90 Å². The van der Waals surface area contributed by atoms with Gasteiger partial charge in [-0.15, -0.1) is 0 Å². The van der Waals surface area contributed by atoms with Crippen molar-refractivity contribution in [1.82, 2.24) is 0 Å². The molecule has 0 aromatic heterocycles. The van der Waals surface area contributed by atoms with Crippen LogP contribution in [0.2, 0.25) is 0 Å². The second kappa shape index (κ2) is 4.24. The van der Waals surface area contributed by atoms with Crippen LogP contribution < -0.4 is 4.90 Å². The number of nitrogens with zero attached hydrogens (tertiary/aromatic N) is 1. The summed E-state index contributed by atoms with van der Waals surface area (Å²) in [6.45, 7) is 1.37. The average Bonchev–Trinajstić information content (AvgIpc) is 2.97. The summed E-state index contributed by atoms with van der Waals surface area (Å²) in [7, 11) is 0. The summed E-state index contributed by atoms with van der Waals surface area (Å²) in [5, 5.41) is 8.97. The van der Waals surface area contributed by atoms with E-state index in [1.165, 1.54) is 17.0 Å². The number of carboxylic acids is 1. The van der Waals surface area contributed by atoms with Crippen molar-refractivity contribution < 1.29 is 24.2 Å². The fourth-order valence-electron chi connectivity index (χ4n) is 2.42. The van der Waals surface area contributed by atoms with Gasteiger partial charge in [0, 0.05) is 12.1 Å². The number of anilines is 1. The first-order valence-electron chi connectivity index (χ1n) is 6.01. The van der Waals surface area contributed by atoms with Crippen LogP contribution in [0.1, 0.15) is 16.8 Å². The van der Waals surface area contributed by atoms with Crippen LogP contribution in [0.3, 0.4) is 0 Å². The normalized spacial score (nSPS) is 25.9. The van der Waals surface area contributed by atoms with Crippen LogP contribution in [0.4, 0.5) is 10.5 Å². The molecule has 1 amide bonds. The molecule has 6 heteroatoms. The fraction of sp³-hybridized carbons (Fsp3) is 0.385. The molecule has 2 saturated heterocycles. The van der Waals surface area contributed by atoms with Crippen molar-refractivity contribution in [1.29, 1.82) is 0 Å². The van der Waals surface area contributed by atoms with Gasteiger partial charge in [-0.1, -0.05) is 6.07 Å². The second-order valence-corrected chi connectivity index (χ2v) is 4.80. The van der Waals surface area contributed by atoms with E-state index in [1.807, 2.05) is 0 Å². The zero-order valence-corrected chi connectivity index (χ0v) is 10.2. The molecule has 1 spiro atoms. The van der Waals surface area contributed by atoms with E-state index in [9.17, 15) is 9.59 Å².